The number of rotatable bonds is 4. The average molecular weight is 252 g/mol. The van der Waals surface area contributed by atoms with Crippen LogP contribution >= 0.6 is 0 Å². The first kappa shape index (κ1) is 12.4. The third kappa shape index (κ3) is 1.57. The van der Waals surface area contributed by atoms with Gasteiger partial charge in [-0.15, -0.1) is 0 Å². The van der Waals surface area contributed by atoms with Crippen molar-refractivity contribution in [2.24, 2.45) is 0 Å². The SMILES string of the molecule is CCCC1(CCC)C(=O)c2cccc3cccc1c23. The van der Waals surface area contributed by atoms with Gasteiger partial charge in [-0.2, -0.15) is 0 Å². The molecule has 0 aliphatic heterocycles. The van der Waals surface area contributed by atoms with Crippen LogP contribution < -0.4 is 0 Å². The van der Waals surface area contributed by atoms with Gasteiger partial charge in [-0.1, -0.05) is 63.1 Å². The Labute approximate surface area is 114 Å². The Morgan fingerprint density at radius 1 is 0.947 bits per heavy atom. The minimum Gasteiger partial charge on any atom is -0.293 e. The predicted molar refractivity (Wildman–Crippen MR) is 79.8 cm³/mol. The molecule has 1 heteroatoms. The fourth-order valence-corrected chi connectivity index (χ4v) is 3.78. The molecule has 0 radical (unpaired) electrons. The fraction of sp³-hybridized carbons (Fsp3) is 0.389. The molecule has 0 fully saturated rings. The molecule has 2 aromatic carbocycles. The third-order valence-electron chi connectivity index (χ3n) is 4.45. The summed E-state index contributed by atoms with van der Waals surface area (Å²) in [6.45, 7) is 4.35. The zero-order valence-corrected chi connectivity index (χ0v) is 11.7. The topological polar surface area (TPSA) is 17.1 Å². The number of ketones is 1. The molecule has 98 valence electrons. The van der Waals surface area contributed by atoms with Crippen molar-refractivity contribution >= 4 is 16.6 Å². The summed E-state index contributed by atoms with van der Waals surface area (Å²) in [7, 11) is 0. The van der Waals surface area contributed by atoms with Crippen molar-refractivity contribution in [3.05, 3.63) is 47.5 Å². The summed E-state index contributed by atoms with van der Waals surface area (Å²) in [5, 5.41) is 2.41. The van der Waals surface area contributed by atoms with Crippen LogP contribution in [0.3, 0.4) is 0 Å². The zero-order chi connectivity index (χ0) is 13.5. The fourth-order valence-electron chi connectivity index (χ4n) is 3.78. The van der Waals surface area contributed by atoms with Crippen LogP contribution in [-0.2, 0) is 5.41 Å². The molecule has 0 unspecified atom stereocenters. The lowest BCUT2D eigenvalue weighted by atomic mass is 9.73. The van der Waals surface area contributed by atoms with Crippen LogP contribution in [0.2, 0.25) is 0 Å². The maximum absolute atomic E-state index is 13.0. The second kappa shape index (κ2) is 4.48. The molecule has 0 saturated carbocycles. The summed E-state index contributed by atoms with van der Waals surface area (Å²) >= 11 is 0. The molecule has 0 spiro atoms. The van der Waals surface area contributed by atoms with E-state index in [1.807, 2.05) is 12.1 Å². The summed E-state index contributed by atoms with van der Waals surface area (Å²) < 4.78 is 0. The number of carbonyl (C=O) groups is 1. The van der Waals surface area contributed by atoms with Crippen molar-refractivity contribution in [3.8, 4) is 0 Å². The zero-order valence-electron chi connectivity index (χ0n) is 11.7. The first-order valence-corrected chi connectivity index (χ1v) is 7.31. The molecule has 1 aliphatic rings. The van der Waals surface area contributed by atoms with E-state index in [2.05, 4.69) is 38.1 Å². The molecule has 3 rings (SSSR count). The smallest absolute Gasteiger partial charge is 0.174 e. The van der Waals surface area contributed by atoms with Gasteiger partial charge in [0.2, 0.25) is 0 Å². The lowest BCUT2D eigenvalue weighted by molar-refractivity contribution is 0.0874. The molecule has 1 aliphatic carbocycles. The number of hydrogen-bond acceptors (Lipinski definition) is 1. The summed E-state index contributed by atoms with van der Waals surface area (Å²) in [5.41, 5.74) is 1.96. The van der Waals surface area contributed by atoms with E-state index in [4.69, 9.17) is 0 Å². The molecule has 19 heavy (non-hydrogen) atoms. The second-order valence-corrected chi connectivity index (χ2v) is 5.62. The number of Topliss-reactive ketones (excluding diaryl/α,β-unsaturated/α-hetero) is 1. The molecular formula is C18H20O. The molecule has 0 heterocycles. The molecule has 0 saturated heterocycles. The molecule has 2 aromatic rings. The van der Waals surface area contributed by atoms with E-state index >= 15 is 0 Å². The average Bonchev–Trinajstić information content (AvgIpc) is 2.66. The van der Waals surface area contributed by atoms with Crippen LogP contribution in [0.4, 0.5) is 0 Å². The van der Waals surface area contributed by atoms with E-state index in [0.717, 1.165) is 31.2 Å². The van der Waals surface area contributed by atoms with Gasteiger partial charge in [0.25, 0.3) is 0 Å². The Hall–Kier alpha value is -1.63. The highest BCUT2D eigenvalue weighted by molar-refractivity contribution is 6.20. The van der Waals surface area contributed by atoms with E-state index in [-0.39, 0.29) is 5.41 Å². The van der Waals surface area contributed by atoms with E-state index in [1.165, 1.54) is 16.3 Å². The molecule has 0 atom stereocenters. The highest BCUT2D eigenvalue weighted by atomic mass is 16.1. The standard InChI is InChI=1S/C18H20O/c1-3-11-18(12-4-2)15-10-6-8-13-7-5-9-14(16(13)15)17(18)19/h5-10H,3-4,11-12H2,1-2H3. The first-order chi connectivity index (χ1) is 9.24. The van der Waals surface area contributed by atoms with Gasteiger partial charge in [0.15, 0.2) is 5.78 Å². The Kier molecular flexibility index (Phi) is 2.93. The van der Waals surface area contributed by atoms with E-state index in [0.29, 0.717) is 5.78 Å². The van der Waals surface area contributed by atoms with Crippen LogP contribution in [0.1, 0.15) is 55.5 Å². The maximum Gasteiger partial charge on any atom is 0.174 e. The highest BCUT2D eigenvalue weighted by Crippen LogP contribution is 2.47. The van der Waals surface area contributed by atoms with Gasteiger partial charge < -0.3 is 0 Å². The van der Waals surface area contributed by atoms with Gasteiger partial charge in [0.05, 0.1) is 5.41 Å². The molecule has 0 N–H and O–H groups in total. The highest BCUT2D eigenvalue weighted by Gasteiger charge is 2.45. The molecular weight excluding hydrogens is 232 g/mol. The number of benzene rings is 2. The number of carbonyl (C=O) groups excluding carboxylic acids is 1. The predicted octanol–water partition coefficient (Wildman–Crippen LogP) is 4.87. The van der Waals surface area contributed by atoms with Crippen LogP contribution in [0.25, 0.3) is 10.8 Å². The maximum atomic E-state index is 13.0. The van der Waals surface area contributed by atoms with Crippen molar-refractivity contribution in [1.29, 1.82) is 0 Å². The molecule has 1 nitrogen and oxygen atoms in total. The molecule has 0 bridgehead atoms. The normalized spacial score (nSPS) is 16.2. The van der Waals surface area contributed by atoms with Crippen molar-refractivity contribution in [1.82, 2.24) is 0 Å². The van der Waals surface area contributed by atoms with Crippen molar-refractivity contribution in [2.75, 3.05) is 0 Å². The van der Waals surface area contributed by atoms with E-state index in [1.54, 1.807) is 0 Å². The Morgan fingerprint density at radius 3 is 2.21 bits per heavy atom. The monoisotopic (exact) mass is 252 g/mol. The Bertz CT molecular complexity index is 628. The summed E-state index contributed by atoms with van der Waals surface area (Å²) in [5.74, 6) is 0.350. The minimum atomic E-state index is -0.257. The Balaban J connectivity index is 2.32. The molecule has 0 amide bonds. The van der Waals surface area contributed by atoms with Gasteiger partial charge in [-0.25, -0.2) is 0 Å². The quantitative estimate of drug-likeness (QED) is 0.758. The lowest BCUT2D eigenvalue weighted by Gasteiger charge is -2.28. The first-order valence-electron chi connectivity index (χ1n) is 7.31. The van der Waals surface area contributed by atoms with E-state index in [9.17, 15) is 4.79 Å². The summed E-state index contributed by atoms with van der Waals surface area (Å²) in [6, 6.07) is 12.5. The van der Waals surface area contributed by atoms with Crippen LogP contribution in [-0.4, -0.2) is 5.78 Å². The lowest BCUT2D eigenvalue weighted by Crippen LogP contribution is -2.31. The van der Waals surface area contributed by atoms with Crippen LogP contribution in [0.5, 0.6) is 0 Å². The summed E-state index contributed by atoms with van der Waals surface area (Å²) in [4.78, 5) is 13.0. The summed E-state index contributed by atoms with van der Waals surface area (Å²) in [6.07, 6.45) is 4.03. The van der Waals surface area contributed by atoms with Gasteiger partial charge in [0, 0.05) is 5.56 Å². The van der Waals surface area contributed by atoms with Crippen molar-refractivity contribution in [2.45, 2.75) is 44.9 Å². The van der Waals surface area contributed by atoms with Crippen molar-refractivity contribution < 1.29 is 4.79 Å². The van der Waals surface area contributed by atoms with Gasteiger partial charge in [-0.05, 0) is 29.2 Å². The van der Waals surface area contributed by atoms with Gasteiger partial charge in [0.1, 0.15) is 0 Å². The molecule has 0 aromatic heterocycles. The van der Waals surface area contributed by atoms with Gasteiger partial charge in [-0.3, -0.25) is 4.79 Å². The van der Waals surface area contributed by atoms with Crippen LogP contribution in [0, 0.1) is 0 Å². The van der Waals surface area contributed by atoms with Crippen molar-refractivity contribution in [3.63, 3.8) is 0 Å². The Morgan fingerprint density at radius 2 is 1.58 bits per heavy atom. The third-order valence-corrected chi connectivity index (χ3v) is 4.45. The largest absolute Gasteiger partial charge is 0.293 e. The van der Waals surface area contributed by atoms with Gasteiger partial charge >= 0.3 is 0 Å². The second-order valence-electron chi connectivity index (χ2n) is 5.62. The van der Waals surface area contributed by atoms with Crippen LogP contribution in [0.15, 0.2) is 36.4 Å². The van der Waals surface area contributed by atoms with E-state index < -0.39 is 0 Å². The minimum absolute atomic E-state index is 0.257. The number of hydrogen-bond donors (Lipinski definition) is 0.